The molecular weight excluding hydrogens is 679 g/mol. The number of aliphatic hydroxyl groups excluding tert-OH is 1. The lowest BCUT2D eigenvalue weighted by Gasteiger charge is -2.50. The molecule has 2 N–H and O–H groups in total. The summed E-state index contributed by atoms with van der Waals surface area (Å²) in [6.45, 7) is -1.60. The lowest BCUT2D eigenvalue weighted by Crippen LogP contribution is -2.70. The second-order valence-electron chi connectivity index (χ2n) is 14.6. The molecule has 0 aromatic heterocycles. The number of esters is 2. The molecule has 3 aliphatic carbocycles. The number of nitrogens with one attached hydrogen (secondary N) is 1. The number of carbonyl (C=O) groups excluding carboxylic acids is 4. The molecule has 7 aliphatic rings. The zero-order valence-electron chi connectivity index (χ0n) is 27.7. The van der Waals surface area contributed by atoms with Crippen molar-refractivity contribution in [2.75, 3.05) is 26.3 Å². The molecule has 2 amide bonds. The van der Waals surface area contributed by atoms with Crippen LogP contribution in [-0.2, 0) is 49.5 Å². The number of alkyl halides is 3. The SMILES string of the molecule is O=C(C=Cc1cccc(CN2O[C@@H]3[C@H]4OC(C5CC5)(C5CC5)O[C@H]4[C@H]4C[C@]3(C(=O)N3CCC[C@@H]3C(=O)NCCO)[C@@H]2C(=O)O4)c1)OCC(F)(F)F. The van der Waals surface area contributed by atoms with E-state index in [1.807, 2.05) is 0 Å². The van der Waals surface area contributed by atoms with Crippen LogP contribution in [0.3, 0.4) is 0 Å². The van der Waals surface area contributed by atoms with Crippen molar-refractivity contribution in [2.45, 2.75) is 100.0 Å². The van der Waals surface area contributed by atoms with Gasteiger partial charge in [-0.25, -0.2) is 4.79 Å². The fourth-order valence-electron chi connectivity index (χ4n) is 8.83. The van der Waals surface area contributed by atoms with Crippen molar-refractivity contribution in [3.05, 3.63) is 41.5 Å². The minimum atomic E-state index is -4.65. The average Bonchev–Trinajstić information content (AvgIpc) is 4.02. The number of aliphatic hydroxyl groups is 1. The Kier molecular flexibility index (Phi) is 8.68. The summed E-state index contributed by atoms with van der Waals surface area (Å²) in [7, 11) is 0. The zero-order chi connectivity index (χ0) is 35.7. The summed E-state index contributed by atoms with van der Waals surface area (Å²) in [5.41, 5.74) is -0.372. The van der Waals surface area contributed by atoms with Crippen LogP contribution in [-0.4, -0.2) is 114 Å². The number of hydrogen-bond donors (Lipinski definition) is 2. The summed E-state index contributed by atoms with van der Waals surface area (Å²) in [5, 5.41) is 13.4. The first kappa shape index (κ1) is 34.5. The van der Waals surface area contributed by atoms with Crippen LogP contribution < -0.4 is 5.32 Å². The number of amides is 2. The molecule has 276 valence electrons. The molecule has 0 spiro atoms. The Labute approximate surface area is 291 Å². The summed E-state index contributed by atoms with van der Waals surface area (Å²) < 4.78 is 61.4. The highest BCUT2D eigenvalue weighted by Gasteiger charge is 2.78. The van der Waals surface area contributed by atoms with Gasteiger partial charge < -0.3 is 34.3 Å². The van der Waals surface area contributed by atoms with Crippen LogP contribution in [0.5, 0.6) is 0 Å². The molecule has 8 rings (SSSR count). The highest BCUT2D eigenvalue weighted by molar-refractivity contribution is 5.96. The fraction of sp³-hybridized carbons (Fsp3) is 0.657. The van der Waals surface area contributed by atoms with E-state index in [0.717, 1.165) is 31.8 Å². The maximum atomic E-state index is 15.0. The summed E-state index contributed by atoms with van der Waals surface area (Å²) in [5.74, 6) is -3.02. The Morgan fingerprint density at radius 1 is 1.08 bits per heavy atom. The first-order valence-electron chi connectivity index (χ1n) is 17.6. The van der Waals surface area contributed by atoms with Crippen molar-refractivity contribution in [1.29, 1.82) is 0 Å². The predicted octanol–water partition coefficient (Wildman–Crippen LogP) is 2.01. The van der Waals surface area contributed by atoms with Crippen LogP contribution >= 0.6 is 0 Å². The van der Waals surface area contributed by atoms with Crippen molar-refractivity contribution in [3.8, 4) is 0 Å². The summed E-state index contributed by atoms with van der Waals surface area (Å²) in [6, 6.07) is 4.77. The number of rotatable bonds is 11. The molecule has 16 heteroatoms. The summed E-state index contributed by atoms with van der Waals surface area (Å²) in [4.78, 5) is 62.4. The molecule has 4 aliphatic heterocycles. The Bertz CT molecular complexity index is 1600. The molecule has 2 bridgehead atoms. The minimum Gasteiger partial charge on any atom is -0.458 e. The van der Waals surface area contributed by atoms with Gasteiger partial charge >= 0.3 is 18.1 Å². The first-order valence-corrected chi connectivity index (χ1v) is 17.6. The van der Waals surface area contributed by atoms with Crippen molar-refractivity contribution < 1.29 is 61.2 Å². The van der Waals surface area contributed by atoms with Gasteiger partial charge in [-0.1, -0.05) is 24.3 Å². The van der Waals surface area contributed by atoms with Gasteiger partial charge in [-0.3, -0.25) is 19.2 Å². The van der Waals surface area contributed by atoms with E-state index in [9.17, 15) is 32.7 Å². The van der Waals surface area contributed by atoms with Crippen LogP contribution in [0.1, 0.15) is 56.1 Å². The predicted molar refractivity (Wildman–Crippen MR) is 166 cm³/mol. The minimum absolute atomic E-state index is 0.00517. The summed E-state index contributed by atoms with van der Waals surface area (Å²) >= 11 is 0. The number of nitrogens with zero attached hydrogens (tertiary/aromatic N) is 2. The van der Waals surface area contributed by atoms with E-state index in [1.54, 1.807) is 24.3 Å². The van der Waals surface area contributed by atoms with Crippen molar-refractivity contribution in [3.63, 3.8) is 0 Å². The number of halogens is 3. The van der Waals surface area contributed by atoms with Crippen molar-refractivity contribution >= 4 is 29.8 Å². The van der Waals surface area contributed by atoms with Gasteiger partial charge in [-0.05, 0) is 55.7 Å². The smallest absolute Gasteiger partial charge is 0.422 e. The van der Waals surface area contributed by atoms with Gasteiger partial charge in [-0.2, -0.15) is 18.2 Å². The Balaban J connectivity index is 1.11. The molecule has 13 nitrogen and oxygen atoms in total. The lowest BCUT2D eigenvalue weighted by atomic mass is 9.62. The molecule has 1 aromatic rings. The average molecular weight is 720 g/mol. The van der Waals surface area contributed by atoms with Gasteiger partial charge in [0.1, 0.15) is 35.9 Å². The van der Waals surface area contributed by atoms with Crippen LogP contribution in [0.25, 0.3) is 6.08 Å². The Hall–Kier alpha value is -3.57. The van der Waals surface area contributed by atoms with E-state index in [-0.39, 0.29) is 43.9 Å². The standard InChI is InChI=1S/C35H40F3N3O10/c36-34(37,38)18-47-25(43)11-6-19-3-1-4-20(15-19)17-41-28-31(45)48-24-16-33(28,32(46)40-13-2-5-23(40)30(44)39-12-14-42)29(51-41)27-26(24)49-35(50-27,21-7-8-21)22-9-10-22/h1,3-4,6,11,15,21-24,26-29,42H,2,5,7-10,12-14,16-18H2,(H,39,44)/t23-,24-,26+,27+,28+,29-,33+/m1/s1. The van der Waals surface area contributed by atoms with Gasteiger partial charge in [0.2, 0.25) is 11.8 Å². The monoisotopic (exact) mass is 719 g/mol. The Morgan fingerprint density at radius 2 is 1.82 bits per heavy atom. The lowest BCUT2D eigenvalue weighted by molar-refractivity contribution is -0.235. The number of likely N-dealkylation sites (tertiary alicyclic amines) is 1. The quantitative estimate of drug-likeness (QED) is 0.255. The molecule has 0 radical (unpaired) electrons. The number of hydroxylamine groups is 2. The second-order valence-corrected chi connectivity index (χ2v) is 14.6. The third kappa shape index (κ3) is 6.11. The van der Waals surface area contributed by atoms with E-state index < -0.39 is 78.3 Å². The van der Waals surface area contributed by atoms with Gasteiger partial charge in [0.25, 0.3) is 0 Å². The maximum absolute atomic E-state index is 15.0. The molecule has 1 aromatic carbocycles. The van der Waals surface area contributed by atoms with Crippen LogP contribution in [0, 0.1) is 17.3 Å². The molecule has 3 saturated carbocycles. The molecule has 51 heavy (non-hydrogen) atoms. The number of hydrogen-bond acceptors (Lipinski definition) is 11. The van der Waals surface area contributed by atoms with E-state index in [1.165, 1.54) is 16.0 Å². The highest BCUT2D eigenvalue weighted by Crippen LogP contribution is 2.64. The molecule has 7 atom stereocenters. The number of fused-ring (bicyclic) bond motifs is 4. The van der Waals surface area contributed by atoms with Gasteiger partial charge in [0.15, 0.2) is 18.4 Å². The largest absolute Gasteiger partial charge is 0.458 e. The normalized spacial score (nSPS) is 34.0. The highest BCUT2D eigenvalue weighted by atomic mass is 19.4. The number of ether oxygens (including phenoxy) is 4. The van der Waals surface area contributed by atoms with E-state index in [4.69, 9.17) is 19.0 Å². The third-order valence-corrected chi connectivity index (χ3v) is 11.2. The molecule has 4 saturated heterocycles. The molecule has 7 fully saturated rings. The van der Waals surface area contributed by atoms with Gasteiger partial charge in [0.05, 0.1) is 13.2 Å². The first-order chi connectivity index (χ1) is 24.4. The van der Waals surface area contributed by atoms with Crippen LogP contribution in [0.15, 0.2) is 30.3 Å². The van der Waals surface area contributed by atoms with Crippen molar-refractivity contribution in [2.24, 2.45) is 17.3 Å². The molecule has 4 heterocycles. The molecular formula is C35H40F3N3O10. The number of carbonyl (C=O) groups is 4. The maximum Gasteiger partial charge on any atom is 0.422 e. The Morgan fingerprint density at radius 3 is 2.53 bits per heavy atom. The van der Waals surface area contributed by atoms with Gasteiger partial charge in [0, 0.05) is 37.4 Å². The zero-order valence-corrected chi connectivity index (χ0v) is 27.7. The van der Waals surface area contributed by atoms with Crippen molar-refractivity contribution in [1.82, 2.24) is 15.3 Å². The fourth-order valence-corrected chi connectivity index (χ4v) is 8.83. The van der Waals surface area contributed by atoms with E-state index in [0.29, 0.717) is 30.5 Å². The van der Waals surface area contributed by atoms with E-state index >= 15 is 4.79 Å². The molecule has 0 unspecified atom stereocenters. The second kappa shape index (κ2) is 12.8. The number of benzene rings is 1. The topological polar surface area (TPSA) is 153 Å². The van der Waals surface area contributed by atoms with Crippen LogP contribution in [0.2, 0.25) is 0 Å². The van der Waals surface area contributed by atoms with E-state index in [2.05, 4.69) is 10.1 Å². The third-order valence-electron chi connectivity index (χ3n) is 11.2. The van der Waals surface area contributed by atoms with Crippen LogP contribution in [0.4, 0.5) is 13.2 Å². The van der Waals surface area contributed by atoms with Gasteiger partial charge in [-0.15, -0.1) is 0 Å². The summed E-state index contributed by atoms with van der Waals surface area (Å²) in [6.07, 6.45) is -0.581.